The number of nitrogens with one attached hydrogen (secondary N) is 1. The van der Waals surface area contributed by atoms with Crippen molar-refractivity contribution >= 4 is 22.6 Å². The number of imidazole rings is 1. The van der Waals surface area contributed by atoms with E-state index in [9.17, 15) is 4.79 Å². The van der Waals surface area contributed by atoms with Gasteiger partial charge in [0.05, 0.1) is 11.2 Å². The predicted molar refractivity (Wildman–Crippen MR) is 79.3 cm³/mol. The number of nitrogens with zero attached hydrogens (tertiary/aromatic N) is 2. The van der Waals surface area contributed by atoms with Gasteiger partial charge >= 0.3 is 0 Å². The molecule has 0 aliphatic heterocycles. The number of carbonyl (C=O) groups excluding carboxylic acids is 1. The first-order valence-electron chi connectivity index (χ1n) is 7.16. The second-order valence-electron chi connectivity index (χ2n) is 5.51. The number of aryl methyl sites for hydroxylation is 1. The number of benzene rings is 1. The van der Waals surface area contributed by atoms with Crippen LogP contribution in [0.1, 0.15) is 31.5 Å². The maximum atomic E-state index is 12.2. The van der Waals surface area contributed by atoms with Crippen LogP contribution in [0.2, 0.25) is 0 Å². The van der Waals surface area contributed by atoms with Gasteiger partial charge in [0, 0.05) is 6.04 Å². The van der Waals surface area contributed by atoms with Gasteiger partial charge in [-0.2, -0.15) is 0 Å². The van der Waals surface area contributed by atoms with E-state index in [0.717, 1.165) is 29.7 Å². The average molecular weight is 272 g/mol. The minimum Gasteiger partial charge on any atom is -0.397 e. The van der Waals surface area contributed by atoms with Crippen LogP contribution in [-0.2, 0) is 11.3 Å². The standard InChI is InChI=1S/C15H20N4O/c1-10-17-15-12(16)7-4-8-13(15)19(10)9-14(20)18-11-5-2-3-6-11/h4,7-8,11H,2-3,5-6,9,16H2,1H3,(H,18,20). The summed E-state index contributed by atoms with van der Waals surface area (Å²) in [4.78, 5) is 16.6. The smallest absolute Gasteiger partial charge is 0.240 e. The minimum absolute atomic E-state index is 0.0572. The number of rotatable bonds is 3. The molecular formula is C15H20N4O. The molecule has 106 valence electrons. The molecule has 1 aliphatic carbocycles. The fourth-order valence-corrected chi connectivity index (χ4v) is 2.97. The molecule has 20 heavy (non-hydrogen) atoms. The number of hydrogen-bond donors (Lipinski definition) is 2. The summed E-state index contributed by atoms with van der Waals surface area (Å²) in [6, 6.07) is 6.03. The molecule has 0 spiro atoms. The van der Waals surface area contributed by atoms with Gasteiger partial charge in [0.15, 0.2) is 0 Å². The van der Waals surface area contributed by atoms with Gasteiger partial charge in [0.25, 0.3) is 0 Å². The Hall–Kier alpha value is -2.04. The van der Waals surface area contributed by atoms with E-state index in [1.807, 2.05) is 29.7 Å². The maximum Gasteiger partial charge on any atom is 0.240 e. The van der Waals surface area contributed by atoms with Crippen molar-refractivity contribution in [1.29, 1.82) is 0 Å². The van der Waals surface area contributed by atoms with E-state index < -0.39 is 0 Å². The highest BCUT2D eigenvalue weighted by Crippen LogP contribution is 2.22. The van der Waals surface area contributed by atoms with Gasteiger partial charge < -0.3 is 15.6 Å². The molecule has 1 saturated carbocycles. The molecule has 0 saturated heterocycles. The van der Waals surface area contributed by atoms with E-state index in [0.29, 0.717) is 18.3 Å². The van der Waals surface area contributed by atoms with E-state index in [2.05, 4.69) is 10.3 Å². The monoisotopic (exact) mass is 272 g/mol. The van der Waals surface area contributed by atoms with Crippen molar-refractivity contribution in [3.8, 4) is 0 Å². The Morgan fingerprint density at radius 3 is 2.95 bits per heavy atom. The van der Waals surface area contributed by atoms with E-state index in [1.165, 1.54) is 12.8 Å². The van der Waals surface area contributed by atoms with Crippen LogP contribution in [0.5, 0.6) is 0 Å². The molecule has 1 aromatic heterocycles. The van der Waals surface area contributed by atoms with Gasteiger partial charge in [-0.15, -0.1) is 0 Å². The third kappa shape index (κ3) is 2.35. The molecule has 3 rings (SSSR count). The van der Waals surface area contributed by atoms with Gasteiger partial charge in [0.1, 0.15) is 17.9 Å². The van der Waals surface area contributed by atoms with Gasteiger partial charge in [0.2, 0.25) is 5.91 Å². The lowest BCUT2D eigenvalue weighted by atomic mass is 10.2. The lowest BCUT2D eigenvalue weighted by molar-refractivity contribution is -0.122. The van der Waals surface area contributed by atoms with Crippen LogP contribution < -0.4 is 11.1 Å². The number of amides is 1. The zero-order chi connectivity index (χ0) is 14.1. The summed E-state index contributed by atoms with van der Waals surface area (Å²) in [6.45, 7) is 2.21. The summed E-state index contributed by atoms with van der Waals surface area (Å²) in [7, 11) is 0. The van der Waals surface area contributed by atoms with Crippen LogP contribution in [0.15, 0.2) is 18.2 Å². The zero-order valence-electron chi connectivity index (χ0n) is 11.7. The van der Waals surface area contributed by atoms with Crippen molar-refractivity contribution in [2.75, 3.05) is 5.73 Å². The minimum atomic E-state index is 0.0572. The first kappa shape index (κ1) is 13.0. The highest BCUT2D eigenvalue weighted by molar-refractivity contribution is 5.89. The third-order valence-electron chi connectivity index (χ3n) is 4.02. The molecule has 1 aromatic carbocycles. The number of nitrogens with two attached hydrogens (primary N) is 1. The summed E-state index contributed by atoms with van der Waals surface area (Å²) < 4.78 is 1.93. The number of aromatic nitrogens is 2. The molecule has 0 atom stereocenters. The van der Waals surface area contributed by atoms with Crippen molar-refractivity contribution in [3.63, 3.8) is 0 Å². The van der Waals surface area contributed by atoms with Crippen molar-refractivity contribution in [1.82, 2.24) is 14.9 Å². The quantitative estimate of drug-likeness (QED) is 0.839. The number of anilines is 1. The number of fused-ring (bicyclic) bond motifs is 1. The Bertz CT molecular complexity index is 641. The molecule has 0 unspecified atom stereocenters. The Morgan fingerprint density at radius 1 is 1.45 bits per heavy atom. The lowest BCUT2D eigenvalue weighted by Crippen LogP contribution is -2.35. The third-order valence-corrected chi connectivity index (χ3v) is 4.02. The molecule has 2 aromatic rings. The van der Waals surface area contributed by atoms with Crippen molar-refractivity contribution in [3.05, 3.63) is 24.0 Å². The lowest BCUT2D eigenvalue weighted by Gasteiger charge is -2.13. The SMILES string of the molecule is Cc1nc2c(N)cccc2n1CC(=O)NC1CCCC1. The molecule has 3 N–H and O–H groups in total. The van der Waals surface area contributed by atoms with Gasteiger partial charge in [-0.1, -0.05) is 18.9 Å². The van der Waals surface area contributed by atoms with Gasteiger partial charge in [-0.25, -0.2) is 4.98 Å². The molecule has 5 nitrogen and oxygen atoms in total. The first-order valence-corrected chi connectivity index (χ1v) is 7.16. The van der Waals surface area contributed by atoms with Crippen LogP contribution in [-0.4, -0.2) is 21.5 Å². The number of hydrogen-bond acceptors (Lipinski definition) is 3. The number of nitrogen functional groups attached to an aromatic ring is 1. The molecule has 0 bridgehead atoms. The highest BCUT2D eigenvalue weighted by Gasteiger charge is 2.18. The van der Waals surface area contributed by atoms with Crippen molar-refractivity contribution in [2.24, 2.45) is 0 Å². The highest BCUT2D eigenvalue weighted by atomic mass is 16.2. The van der Waals surface area contributed by atoms with Crippen LogP contribution in [0.25, 0.3) is 11.0 Å². The summed E-state index contributed by atoms with van der Waals surface area (Å²) in [5, 5.41) is 3.10. The summed E-state index contributed by atoms with van der Waals surface area (Å²) in [6.07, 6.45) is 4.63. The zero-order valence-corrected chi connectivity index (χ0v) is 11.7. The fourth-order valence-electron chi connectivity index (χ4n) is 2.97. The van der Waals surface area contributed by atoms with Gasteiger partial charge in [-0.05, 0) is 31.9 Å². The molecule has 1 fully saturated rings. The Morgan fingerprint density at radius 2 is 2.20 bits per heavy atom. The Labute approximate surface area is 118 Å². The van der Waals surface area contributed by atoms with Gasteiger partial charge in [-0.3, -0.25) is 4.79 Å². The Kier molecular flexibility index (Phi) is 3.34. The molecule has 1 heterocycles. The van der Waals surface area contributed by atoms with E-state index in [-0.39, 0.29) is 5.91 Å². The van der Waals surface area contributed by atoms with Crippen molar-refractivity contribution in [2.45, 2.75) is 45.2 Å². The normalized spacial score (nSPS) is 15.8. The molecule has 5 heteroatoms. The second-order valence-corrected chi connectivity index (χ2v) is 5.51. The molecular weight excluding hydrogens is 252 g/mol. The number of carbonyl (C=O) groups is 1. The largest absolute Gasteiger partial charge is 0.397 e. The van der Waals surface area contributed by atoms with Crippen LogP contribution in [0, 0.1) is 6.92 Å². The second kappa shape index (κ2) is 5.15. The Balaban J connectivity index is 1.81. The fraction of sp³-hybridized carbons (Fsp3) is 0.467. The number of para-hydroxylation sites is 1. The summed E-state index contributed by atoms with van der Waals surface area (Å²) in [5.74, 6) is 0.876. The van der Waals surface area contributed by atoms with E-state index >= 15 is 0 Å². The molecule has 0 radical (unpaired) electrons. The maximum absolute atomic E-state index is 12.2. The molecule has 1 aliphatic rings. The van der Waals surface area contributed by atoms with Crippen LogP contribution in [0.4, 0.5) is 5.69 Å². The van der Waals surface area contributed by atoms with E-state index in [4.69, 9.17) is 5.73 Å². The van der Waals surface area contributed by atoms with Crippen LogP contribution >= 0.6 is 0 Å². The summed E-state index contributed by atoms with van der Waals surface area (Å²) in [5.41, 5.74) is 8.28. The summed E-state index contributed by atoms with van der Waals surface area (Å²) >= 11 is 0. The van der Waals surface area contributed by atoms with Crippen molar-refractivity contribution < 1.29 is 4.79 Å². The molecule has 1 amide bonds. The topological polar surface area (TPSA) is 72.9 Å². The average Bonchev–Trinajstić information content (AvgIpc) is 3.01. The first-order chi connectivity index (χ1) is 9.65. The predicted octanol–water partition coefficient (Wildman–Crippen LogP) is 1.99. The van der Waals surface area contributed by atoms with E-state index in [1.54, 1.807) is 0 Å². The van der Waals surface area contributed by atoms with Crippen LogP contribution in [0.3, 0.4) is 0 Å².